The van der Waals surface area contributed by atoms with Gasteiger partial charge in [0.1, 0.15) is 0 Å². The second-order valence-corrected chi connectivity index (χ2v) is 6.69. The molecule has 1 heterocycles. The molecule has 0 aliphatic carbocycles. The molecule has 4 nitrogen and oxygen atoms in total. The van der Waals surface area contributed by atoms with Gasteiger partial charge in [-0.2, -0.15) is 0 Å². The molecule has 0 spiro atoms. The highest BCUT2D eigenvalue weighted by atomic mass is 16.5. The second kappa shape index (κ2) is 8.68. The lowest BCUT2D eigenvalue weighted by atomic mass is 9.86. The number of likely N-dealkylation sites (tertiary alicyclic amines) is 1. The van der Waals surface area contributed by atoms with Gasteiger partial charge in [0.15, 0.2) is 0 Å². The van der Waals surface area contributed by atoms with E-state index in [1.807, 2.05) is 6.07 Å². The second-order valence-electron chi connectivity index (χ2n) is 6.69. The third kappa shape index (κ3) is 4.52. The number of carbonyl (C=O) groups is 1. The van der Waals surface area contributed by atoms with Crippen LogP contribution in [0.3, 0.4) is 0 Å². The van der Waals surface area contributed by atoms with Crippen molar-refractivity contribution in [3.8, 4) is 0 Å². The molecule has 2 unspecified atom stereocenters. The van der Waals surface area contributed by atoms with Gasteiger partial charge in [-0.15, -0.1) is 6.58 Å². The van der Waals surface area contributed by atoms with Crippen molar-refractivity contribution >= 4 is 6.09 Å². The van der Waals surface area contributed by atoms with Crippen molar-refractivity contribution in [2.45, 2.75) is 24.9 Å². The molecule has 0 saturated carbocycles. The van der Waals surface area contributed by atoms with Crippen LogP contribution in [-0.4, -0.2) is 41.9 Å². The van der Waals surface area contributed by atoms with Gasteiger partial charge in [-0.1, -0.05) is 60.7 Å². The summed E-state index contributed by atoms with van der Waals surface area (Å²) in [5.74, 6) is 0.205. The van der Waals surface area contributed by atoms with E-state index in [9.17, 15) is 9.90 Å². The van der Waals surface area contributed by atoms with Gasteiger partial charge in [0.2, 0.25) is 0 Å². The maximum atomic E-state index is 11.3. The molecule has 26 heavy (non-hydrogen) atoms. The van der Waals surface area contributed by atoms with Gasteiger partial charge in [-0.3, -0.25) is 0 Å². The molecule has 136 valence electrons. The Labute approximate surface area is 154 Å². The third-order valence-electron chi connectivity index (χ3n) is 4.92. The largest absolute Gasteiger partial charge is 0.465 e. The normalized spacial score (nSPS) is 19.9. The van der Waals surface area contributed by atoms with E-state index in [-0.39, 0.29) is 12.0 Å². The monoisotopic (exact) mass is 351 g/mol. The first-order valence-electron chi connectivity index (χ1n) is 9.00. The number of benzene rings is 2. The number of ether oxygens (including phenoxy) is 1. The summed E-state index contributed by atoms with van der Waals surface area (Å²) in [6, 6.07) is 19.0. The van der Waals surface area contributed by atoms with Crippen molar-refractivity contribution in [2.75, 3.05) is 19.7 Å². The lowest BCUT2D eigenvalue weighted by molar-refractivity contribution is 0.00163. The molecule has 1 N–H and O–H groups in total. The molecule has 0 aromatic heterocycles. The smallest absolute Gasteiger partial charge is 0.407 e. The van der Waals surface area contributed by atoms with Crippen LogP contribution in [0.25, 0.3) is 0 Å². The molecule has 4 heteroatoms. The maximum Gasteiger partial charge on any atom is 0.407 e. The van der Waals surface area contributed by atoms with Crippen molar-refractivity contribution in [2.24, 2.45) is 0 Å². The Kier molecular flexibility index (Phi) is 6.08. The third-order valence-corrected chi connectivity index (χ3v) is 4.92. The minimum atomic E-state index is -0.881. The molecule has 1 saturated heterocycles. The number of rotatable bonds is 6. The van der Waals surface area contributed by atoms with Gasteiger partial charge in [-0.05, 0) is 29.5 Å². The first-order valence-corrected chi connectivity index (χ1v) is 9.00. The van der Waals surface area contributed by atoms with Gasteiger partial charge in [0.05, 0.1) is 19.3 Å². The Morgan fingerprint density at radius 3 is 2.50 bits per heavy atom. The first-order chi connectivity index (χ1) is 12.7. The zero-order valence-corrected chi connectivity index (χ0v) is 14.9. The van der Waals surface area contributed by atoms with Crippen molar-refractivity contribution in [1.82, 2.24) is 4.90 Å². The van der Waals surface area contributed by atoms with E-state index in [1.54, 1.807) is 6.08 Å². The van der Waals surface area contributed by atoms with E-state index in [2.05, 4.69) is 55.1 Å². The molecule has 2 aromatic rings. The van der Waals surface area contributed by atoms with Gasteiger partial charge in [0.25, 0.3) is 0 Å². The highest BCUT2D eigenvalue weighted by Gasteiger charge is 2.32. The summed E-state index contributed by atoms with van der Waals surface area (Å²) in [6.45, 7) is 5.07. The topological polar surface area (TPSA) is 49.8 Å². The van der Waals surface area contributed by atoms with E-state index in [0.29, 0.717) is 19.7 Å². The Bertz CT molecular complexity index is 727. The van der Waals surface area contributed by atoms with Gasteiger partial charge >= 0.3 is 6.09 Å². The van der Waals surface area contributed by atoms with Crippen LogP contribution in [-0.2, 0) is 11.2 Å². The molecule has 0 radical (unpaired) electrons. The van der Waals surface area contributed by atoms with Gasteiger partial charge in [0, 0.05) is 12.5 Å². The van der Waals surface area contributed by atoms with Crippen LogP contribution in [0.15, 0.2) is 67.3 Å². The summed E-state index contributed by atoms with van der Waals surface area (Å²) in [7, 11) is 0. The van der Waals surface area contributed by atoms with E-state index in [0.717, 1.165) is 12.8 Å². The minimum Gasteiger partial charge on any atom is -0.465 e. The van der Waals surface area contributed by atoms with Crippen LogP contribution >= 0.6 is 0 Å². The number of hydrogen-bond donors (Lipinski definition) is 1. The Hall–Kier alpha value is -2.59. The number of nitrogens with zero attached hydrogens (tertiary/aromatic N) is 1. The zero-order valence-electron chi connectivity index (χ0n) is 14.9. The van der Waals surface area contributed by atoms with Crippen molar-refractivity contribution in [3.05, 3.63) is 83.9 Å². The predicted molar refractivity (Wildman–Crippen MR) is 103 cm³/mol. The van der Waals surface area contributed by atoms with Crippen LogP contribution in [0.5, 0.6) is 0 Å². The van der Waals surface area contributed by atoms with E-state index in [1.165, 1.54) is 21.6 Å². The summed E-state index contributed by atoms with van der Waals surface area (Å²) < 4.78 is 5.88. The lowest BCUT2D eigenvalue weighted by Gasteiger charge is -2.37. The van der Waals surface area contributed by atoms with Crippen molar-refractivity contribution in [3.63, 3.8) is 0 Å². The molecule has 2 aromatic carbocycles. The van der Waals surface area contributed by atoms with Crippen molar-refractivity contribution < 1.29 is 14.6 Å². The molecular formula is C22H25NO3. The maximum absolute atomic E-state index is 11.3. The Morgan fingerprint density at radius 2 is 1.85 bits per heavy atom. The van der Waals surface area contributed by atoms with Gasteiger partial charge in [-0.25, -0.2) is 4.79 Å². The fraction of sp³-hybridized carbons (Fsp3) is 0.318. The number of hydrogen-bond acceptors (Lipinski definition) is 2. The summed E-state index contributed by atoms with van der Waals surface area (Å²) in [5.41, 5.74) is 3.77. The van der Waals surface area contributed by atoms with Crippen LogP contribution in [0.2, 0.25) is 0 Å². The molecular weight excluding hydrogens is 326 g/mol. The number of piperidine rings is 1. The molecule has 0 bridgehead atoms. The Balaban J connectivity index is 1.71. The van der Waals surface area contributed by atoms with E-state index < -0.39 is 6.09 Å². The summed E-state index contributed by atoms with van der Waals surface area (Å²) >= 11 is 0. The molecule has 1 aliphatic rings. The highest BCUT2D eigenvalue weighted by molar-refractivity contribution is 5.65. The molecule has 1 fully saturated rings. The highest BCUT2D eigenvalue weighted by Crippen LogP contribution is 2.31. The quantitative estimate of drug-likeness (QED) is 0.789. The van der Waals surface area contributed by atoms with Gasteiger partial charge < -0.3 is 14.7 Å². The SMILES string of the molecule is C=CCOC1CN(C(=O)O)CCC1c1ccc(Cc2ccccc2)cc1. The Morgan fingerprint density at radius 1 is 1.15 bits per heavy atom. The average Bonchev–Trinajstić information content (AvgIpc) is 2.67. The fourth-order valence-corrected chi connectivity index (χ4v) is 3.55. The fourth-order valence-electron chi connectivity index (χ4n) is 3.55. The summed E-state index contributed by atoms with van der Waals surface area (Å²) in [6.07, 6.45) is 2.37. The standard InChI is InChI=1S/C22H25NO3/c1-2-14-26-21-16-23(22(24)25)13-12-20(21)19-10-8-18(9-11-19)15-17-6-4-3-5-7-17/h2-11,20-21H,1,12-16H2,(H,24,25). The minimum absolute atomic E-state index is 0.141. The molecule has 1 amide bonds. The summed E-state index contributed by atoms with van der Waals surface area (Å²) in [5, 5.41) is 9.27. The lowest BCUT2D eigenvalue weighted by Crippen LogP contribution is -2.46. The van der Waals surface area contributed by atoms with Crippen molar-refractivity contribution in [1.29, 1.82) is 0 Å². The number of amides is 1. The predicted octanol–water partition coefficient (Wildman–Crippen LogP) is 4.32. The average molecular weight is 351 g/mol. The van der Waals surface area contributed by atoms with Crippen LogP contribution < -0.4 is 0 Å². The molecule has 2 atom stereocenters. The first kappa shape index (κ1) is 18.2. The number of carboxylic acid groups (broad SMARTS) is 1. The van der Waals surface area contributed by atoms with E-state index in [4.69, 9.17) is 4.74 Å². The van der Waals surface area contributed by atoms with Crippen LogP contribution in [0, 0.1) is 0 Å². The zero-order chi connectivity index (χ0) is 18.4. The van der Waals surface area contributed by atoms with Crippen LogP contribution in [0.4, 0.5) is 4.79 Å². The van der Waals surface area contributed by atoms with Crippen LogP contribution in [0.1, 0.15) is 29.0 Å². The molecule has 3 rings (SSSR count). The molecule has 1 aliphatic heterocycles. The summed E-state index contributed by atoms with van der Waals surface area (Å²) in [4.78, 5) is 12.7. The van der Waals surface area contributed by atoms with E-state index >= 15 is 0 Å².